The van der Waals surface area contributed by atoms with Crippen LogP contribution in [0.25, 0.3) is 0 Å². The van der Waals surface area contributed by atoms with Crippen molar-refractivity contribution < 1.29 is 9.53 Å². The summed E-state index contributed by atoms with van der Waals surface area (Å²) in [5, 5.41) is 6.99. The molecule has 0 aliphatic rings. The summed E-state index contributed by atoms with van der Waals surface area (Å²) in [5.74, 6) is -0.143. The van der Waals surface area contributed by atoms with Crippen molar-refractivity contribution >= 4 is 27.5 Å². The summed E-state index contributed by atoms with van der Waals surface area (Å²) in [7, 11) is 1.64. The van der Waals surface area contributed by atoms with Gasteiger partial charge in [0.05, 0.1) is 25.0 Å². The van der Waals surface area contributed by atoms with E-state index in [0.29, 0.717) is 24.4 Å². The van der Waals surface area contributed by atoms with Gasteiger partial charge in [0, 0.05) is 23.3 Å². The second-order valence-electron chi connectivity index (χ2n) is 4.40. The van der Waals surface area contributed by atoms with E-state index in [1.54, 1.807) is 30.3 Å². The van der Waals surface area contributed by atoms with Crippen LogP contribution in [0.1, 0.15) is 15.9 Å². The predicted octanol–water partition coefficient (Wildman–Crippen LogP) is 2.85. The van der Waals surface area contributed by atoms with Crippen LogP contribution in [0.2, 0.25) is 0 Å². The minimum Gasteiger partial charge on any atom is -0.383 e. The van der Waals surface area contributed by atoms with Crippen LogP contribution in [0.3, 0.4) is 0 Å². The van der Waals surface area contributed by atoms with Crippen LogP contribution < -0.4 is 5.32 Å². The number of nitrogens with one attached hydrogen (secondary N) is 1. The van der Waals surface area contributed by atoms with E-state index in [4.69, 9.17) is 4.74 Å². The molecular weight excluding hydrogens is 322 g/mol. The number of methoxy groups -OCH3 is 1. The number of aromatic nitrogens is 2. The fraction of sp³-hybridized carbons (Fsp3) is 0.286. The van der Waals surface area contributed by atoms with Crippen LogP contribution >= 0.6 is 15.9 Å². The number of hydrogen-bond acceptors (Lipinski definition) is 3. The van der Waals surface area contributed by atoms with E-state index in [0.717, 1.165) is 10.0 Å². The number of aryl methyl sites for hydroxylation is 1. The van der Waals surface area contributed by atoms with Crippen LogP contribution in [0.4, 0.5) is 5.69 Å². The lowest BCUT2D eigenvalue weighted by atomic mass is 10.1. The first-order valence-corrected chi connectivity index (χ1v) is 6.98. The molecule has 0 bridgehead atoms. The molecule has 0 unspecified atom stereocenters. The number of hydrogen-bond donors (Lipinski definition) is 1. The summed E-state index contributed by atoms with van der Waals surface area (Å²) in [5.41, 5.74) is 2.24. The van der Waals surface area contributed by atoms with Gasteiger partial charge >= 0.3 is 0 Å². The van der Waals surface area contributed by atoms with Gasteiger partial charge in [0.25, 0.3) is 5.91 Å². The molecule has 1 N–H and O–H groups in total. The SMILES string of the molecule is COCCn1cc(NC(=O)c2cc(Br)ccc2C)cn1. The van der Waals surface area contributed by atoms with E-state index in [1.165, 1.54) is 0 Å². The highest BCUT2D eigenvalue weighted by atomic mass is 79.9. The Morgan fingerprint density at radius 3 is 3.05 bits per heavy atom. The summed E-state index contributed by atoms with van der Waals surface area (Å²) < 4.78 is 7.59. The van der Waals surface area contributed by atoms with E-state index in [2.05, 4.69) is 26.3 Å². The molecular formula is C14H16BrN3O2. The first-order valence-electron chi connectivity index (χ1n) is 6.19. The zero-order chi connectivity index (χ0) is 14.5. The molecule has 2 aromatic rings. The van der Waals surface area contributed by atoms with Crippen LogP contribution in [0.15, 0.2) is 35.1 Å². The Balaban J connectivity index is 2.07. The van der Waals surface area contributed by atoms with E-state index in [-0.39, 0.29) is 5.91 Å². The first-order chi connectivity index (χ1) is 9.60. The predicted molar refractivity (Wildman–Crippen MR) is 80.9 cm³/mol. The van der Waals surface area contributed by atoms with Crippen LogP contribution in [-0.2, 0) is 11.3 Å². The van der Waals surface area contributed by atoms with Crippen molar-refractivity contribution in [1.82, 2.24) is 9.78 Å². The molecule has 1 heterocycles. The van der Waals surface area contributed by atoms with E-state index in [1.807, 2.05) is 19.1 Å². The fourth-order valence-corrected chi connectivity index (χ4v) is 2.13. The number of amides is 1. The molecule has 106 valence electrons. The number of carbonyl (C=O) groups is 1. The molecule has 2 rings (SSSR count). The van der Waals surface area contributed by atoms with Crippen molar-refractivity contribution in [2.45, 2.75) is 13.5 Å². The smallest absolute Gasteiger partial charge is 0.256 e. The maximum Gasteiger partial charge on any atom is 0.256 e. The van der Waals surface area contributed by atoms with Crippen molar-refractivity contribution in [2.24, 2.45) is 0 Å². The van der Waals surface area contributed by atoms with Gasteiger partial charge in [-0.3, -0.25) is 9.48 Å². The van der Waals surface area contributed by atoms with Crippen molar-refractivity contribution in [2.75, 3.05) is 19.0 Å². The van der Waals surface area contributed by atoms with Gasteiger partial charge in [0.1, 0.15) is 0 Å². The molecule has 1 aromatic heterocycles. The van der Waals surface area contributed by atoms with Gasteiger partial charge in [-0.15, -0.1) is 0 Å². The standard InChI is InChI=1S/C14H16BrN3O2/c1-10-3-4-11(15)7-13(10)14(19)17-12-8-16-18(9-12)5-6-20-2/h3-4,7-9H,5-6H2,1-2H3,(H,17,19). The Hall–Kier alpha value is -1.66. The van der Waals surface area contributed by atoms with Gasteiger partial charge in [0.2, 0.25) is 0 Å². The minimum absolute atomic E-state index is 0.143. The summed E-state index contributed by atoms with van der Waals surface area (Å²) in [4.78, 5) is 12.2. The molecule has 5 nitrogen and oxygen atoms in total. The molecule has 0 atom stereocenters. The third-order valence-electron chi connectivity index (χ3n) is 2.86. The molecule has 0 saturated carbocycles. The molecule has 20 heavy (non-hydrogen) atoms. The van der Waals surface area contributed by atoms with Gasteiger partial charge < -0.3 is 10.1 Å². The maximum absolute atomic E-state index is 12.2. The lowest BCUT2D eigenvalue weighted by molar-refractivity contribution is 0.102. The molecule has 0 aliphatic heterocycles. The van der Waals surface area contributed by atoms with E-state index in [9.17, 15) is 4.79 Å². The Morgan fingerprint density at radius 1 is 1.50 bits per heavy atom. The lowest BCUT2D eigenvalue weighted by Gasteiger charge is -2.06. The molecule has 6 heteroatoms. The number of halogens is 1. The summed E-state index contributed by atoms with van der Waals surface area (Å²) in [6.45, 7) is 3.14. The number of nitrogens with zero attached hydrogens (tertiary/aromatic N) is 2. The first kappa shape index (κ1) is 14.7. The fourth-order valence-electron chi connectivity index (χ4n) is 1.77. The zero-order valence-electron chi connectivity index (χ0n) is 11.4. The summed E-state index contributed by atoms with van der Waals surface area (Å²) in [6.07, 6.45) is 3.41. The van der Waals surface area contributed by atoms with Crippen molar-refractivity contribution in [3.05, 3.63) is 46.2 Å². The normalized spacial score (nSPS) is 10.6. The largest absolute Gasteiger partial charge is 0.383 e. The third-order valence-corrected chi connectivity index (χ3v) is 3.35. The molecule has 0 fully saturated rings. The number of ether oxygens (including phenoxy) is 1. The highest BCUT2D eigenvalue weighted by molar-refractivity contribution is 9.10. The third kappa shape index (κ3) is 3.68. The molecule has 0 aliphatic carbocycles. The quantitative estimate of drug-likeness (QED) is 0.912. The number of benzene rings is 1. The van der Waals surface area contributed by atoms with Crippen molar-refractivity contribution in [3.63, 3.8) is 0 Å². The average Bonchev–Trinajstić information content (AvgIpc) is 2.86. The zero-order valence-corrected chi connectivity index (χ0v) is 13.0. The van der Waals surface area contributed by atoms with Gasteiger partial charge in [-0.05, 0) is 24.6 Å². The lowest BCUT2D eigenvalue weighted by Crippen LogP contribution is -2.13. The topological polar surface area (TPSA) is 56.1 Å². The maximum atomic E-state index is 12.2. The Morgan fingerprint density at radius 2 is 2.30 bits per heavy atom. The highest BCUT2D eigenvalue weighted by Gasteiger charge is 2.10. The minimum atomic E-state index is -0.143. The Labute approximate surface area is 126 Å². The second-order valence-corrected chi connectivity index (χ2v) is 5.31. The average molecular weight is 338 g/mol. The van der Waals surface area contributed by atoms with Crippen molar-refractivity contribution in [3.8, 4) is 0 Å². The van der Waals surface area contributed by atoms with Gasteiger partial charge in [-0.2, -0.15) is 5.10 Å². The van der Waals surface area contributed by atoms with Gasteiger partial charge in [-0.25, -0.2) is 0 Å². The Bertz CT molecular complexity index is 610. The molecule has 1 aromatic carbocycles. The van der Waals surface area contributed by atoms with E-state index < -0.39 is 0 Å². The van der Waals surface area contributed by atoms with Gasteiger partial charge in [0.15, 0.2) is 0 Å². The van der Waals surface area contributed by atoms with Crippen LogP contribution in [-0.4, -0.2) is 29.4 Å². The van der Waals surface area contributed by atoms with Crippen molar-refractivity contribution in [1.29, 1.82) is 0 Å². The van der Waals surface area contributed by atoms with Gasteiger partial charge in [-0.1, -0.05) is 22.0 Å². The number of anilines is 1. The second kappa shape index (κ2) is 6.67. The highest BCUT2D eigenvalue weighted by Crippen LogP contribution is 2.17. The molecule has 0 radical (unpaired) electrons. The summed E-state index contributed by atoms with van der Waals surface area (Å²) in [6, 6.07) is 5.62. The van der Waals surface area contributed by atoms with Crippen LogP contribution in [0.5, 0.6) is 0 Å². The monoisotopic (exact) mass is 337 g/mol. The number of rotatable bonds is 5. The Kier molecular flexibility index (Phi) is 4.92. The molecule has 0 spiro atoms. The number of carbonyl (C=O) groups excluding carboxylic acids is 1. The molecule has 0 saturated heterocycles. The van der Waals surface area contributed by atoms with Crippen LogP contribution in [0, 0.1) is 6.92 Å². The summed E-state index contributed by atoms with van der Waals surface area (Å²) >= 11 is 3.37. The van der Waals surface area contributed by atoms with E-state index >= 15 is 0 Å². The molecule has 1 amide bonds.